The van der Waals surface area contributed by atoms with Crippen LogP contribution in [0.15, 0.2) is 0 Å². The van der Waals surface area contributed by atoms with E-state index in [9.17, 15) is 4.79 Å². The number of nitriles is 1. The van der Waals surface area contributed by atoms with Crippen molar-refractivity contribution >= 4 is 5.97 Å². The van der Waals surface area contributed by atoms with E-state index in [2.05, 4.69) is 6.07 Å². The highest BCUT2D eigenvalue weighted by Gasteiger charge is 2.16. The molecule has 0 aliphatic rings. The number of unbranched alkanes of at least 4 members (excludes halogenated alkanes) is 1. The smallest absolute Gasteiger partial charge is 0.317 e. The fourth-order valence-electron chi connectivity index (χ4n) is 1.64. The Bertz CT molecular complexity index is 284. The van der Waals surface area contributed by atoms with Gasteiger partial charge in [-0.05, 0) is 33.2 Å². The number of ether oxygens (including phenoxy) is 1. The van der Waals surface area contributed by atoms with Crippen LogP contribution in [0.5, 0.6) is 0 Å². The topological polar surface area (TPSA) is 73.6 Å². The summed E-state index contributed by atoms with van der Waals surface area (Å²) in [4.78, 5) is 12.6. The zero-order chi connectivity index (χ0) is 14.0. The third-order valence-electron chi connectivity index (χ3n) is 2.80. The Hall–Kier alpha value is -1.12. The molecule has 0 radical (unpaired) electrons. The lowest BCUT2D eigenvalue weighted by atomic mass is 9.89. The molecule has 0 rings (SSSR count). The van der Waals surface area contributed by atoms with Crippen molar-refractivity contribution in [3.05, 3.63) is 0 Å². The van der Waals surface area contributed by atoms with Crippen molar-refractivity contribution < 1.29 is 14.6 Å². The van der Waals surface area contributed by atoms with Gasteiger partial charge in [0.25, 0.3) is 0 Å². The predicted molar refractivity (Wildman–Crippen MR) is 69.2 cm³/mol. The first-order valence-corrected chi connectivity index (χ1v) is 6.25. The first-order chi connectivity index (χ1) is 8.41. The summed E-state index contributed by atoms with van der Waals surface area (Å²) in [6, 6.07) is 2.27. The molecule has 0 fully saturated rings. The highest BCUT2D eigenvalue weighted by molar-refractivity contribution is 5.69. The number of aliphatic carboxylic acids is 1. The number of rotatable bonds is 10. The minimum absolute atomic E-state index is 0.0466. The largest absolute Gasteiger partial charge is 0.480 e. The van der Waals surface area contributed by atoms with Gasteiger partial charge in [-0.1, -0.05) is 6.42 Å². The Morgan fingerprint density at radius 1 is 1.39 bits per heavy atom. The number of hydrogen-bond acceptors (Lipinski definition) is 4. The van der Waals surface area contributed by atoms with Gasteiger partial charge < -0.3 is 9.84 Å². The Kier molecular flexibility index (Phi) is 8.34. The average molecular weight is 256 g/mol. The van der Waals surface area contributed by atoms with Crippen molar-refractivity contribution in [2.45, 2.75) is 33.1 Å². The van der Waals surface area contributed by atoms with Gasteiger partial charge in [-0.25, -0.2) is 0 Å². The highest BCUT2D eigenvalue weighted by Crippen LogP contribution is 2.21. The van der Waals surface area contributed by atoms with Gasteiger partial charge in [0, 0.05) is 13.7 Å². The van der Waals surface area contributed by atoms with Crippen LogP contribution in [-0.4, -0.2) is 49.3 Å². The van der Waals surface area contributed by atoms with Gasteiger partial charge in [0.05, 0.1) is 24.6 Å². The van der Waals surface area contributed by atoms with Crippen LogP contribution in [-0.2, 0) is 9.53 Å². The molecule has 0 bridgehead atoms. The normalized spacial score (nSPS) is 11.5. The van der Waals surface area contributed by atoms with Crippen LogP contribution in [0.2, 0.25) is 0 Å². The van der Waals surface area contributed by atoms with Gasteiger partial charge in [-0.2, -0.15) is 5.26 Å². The summed E-state index contributed by atoms with van der Waals surface area (Å²) in [5.74, 6) is -0.816. The van der Waals surface area contributed by atoms with Gasteiger partial charge in [-0.3, -0.25) is 9.69 Å². The molecule has 0 aliphatic heterocycles. The molecule has 5 heteroatoms. The van der Waals surface area contributed by atoms with Crippen molar-refractivity contribution in [3.8, 4) is 6.07 Å². The molecule has 0 atom stereocenters. The minimum atomic E-state index is -0.816. The van der Waals surface area contributed by atoms with E-state index in [1.165, 1.54) is 0 Å². The standard InChI is InChI=1S/C13H24N2O3/c1-13(2,11-14)6-4-5-7-15(8-9-18-3)10-12(16)17/h4-10H2,1-3H3,(H,16,17). The van der Waals surface area contributed by atoms with Gasteiger partial charge in [0.1, 0.15) is 0 Å². The van der Waals surface area contributed by atoms with Crippen LogP contribution in [0.3, 0.4) is 0 Å². The van der Waals surface area contributed by atoms with E-state index in [-0.39, 0.29) is 12.0 Å². The van der Waals surface area contributed by atoms with Crippen molar-refractivity contribution in [1.82, 2.24) is 4.90 Å². The average Bonchev–Trinajstić information content (AvgIpc) is 2.30. The maximum Gasteiger partial charge on any atom is 0.317 e. The molecule has 18 heavy (non-hydrogen) atoms. The van der Waals surface area contributed by atoms with Crippen LogP contribution >= 0.6 is 0 Å². The van der Waals surface area contributed by atoms with Crippen LogP contribution in [0.25, 0.3) is 0 Å². The molecule has 0 heterocycles. The summed E-state index contributed by atoms with van der Waals surface area (Å²) in [7, 11) is 1.61. The number of nitrogens with zero attached hydrogens (tertiary/aromatic N) is 2. The molecule has 1 N–H and O–H groups in total. The molecule has 0 saturated heterocycles. The quantitative estimate of drug-likeness (QED) is 0.603. The molecule has 0 aromatic rings. The third-order valence-corrected chi connectivity index (χ3v) is 2.80. The molecule has 0 unspecified atom stereocenters. The number of hydrogen-bond donors (Lipinski definition) is 1. The zero-order valence-electron chi connectivity index (χ0n) is 11.6. The van der Waals surface area contributed by atoms with E-state index in [4.69, 9.17) is 15.1 Å². The van der Waals surface area contributed by atoms with E-state index in [1.807, 2.05) is 18.7 Å². The molecule has 104 valence electrons. The Morgan fingerprint density at radius 3 is 2.56 bits per heavy atom. The second-order valence-electron chi connectivity index (χ2n) is 5.12. The SMILES string of the molecule is COCCN(CCCCC(C)(C)C#N)CC(=O)O. The molecule has 0 saturated carbocycles. The van der Waals surface area contributed by atoms with E-state index in [1.54, 1.807) is 7.11 Å². The highest BCUT2D eigenvalue weighted by atomic mass is 16.5. The molecular weight excluding hydrogens is 232 g/mol. The third kappa shape index (κ3) is 8.97. The van der Waals surface area contributed by atoms with Gasteiger partial charge in [0.2, 0.25) is 0 Å². The van der Waals surface area contributed by atoms with E-state index >= 15 is 0 Å². The first kappa shape index (κ1) is 16.9. The summed E-state index contributed by atoms with van der Waals surface area (Å²) in [6.45, 7) is 5.80. The molecule has 0 aromatic carbocycles. The van der Waals surface area contributed by atoms with Crippen LogP contribution in [0, 0.1) is 16.7 Å². The van der Waals surface area contributed by atoms with Crippen LogP contribution in [0.1, 0.15) is 33.1 Å². The lowest BCUT2D eigenvalue weighted by molar-refractivity contribution is -0.138. The summed E-state index contributed by atoms with van der Waals surface area (Å²) in [5.41, 5.74) is -0.288. The van der Waals surface area contributed by atoms with Gasteiger partial charge in [-0.15, -0.1) is 0 Å². The number of carboxylic acids is 1. The molecule has 0 spiro atoms. The molecule has 0 aliphatic carbocycles. The van der Waals surface area contributed by atoms with Crippen molar-refractivity contribution in [2.24, 2.45) is 5.41 Å². The number of carboxylic acid groups (broad SMARTS) is 1. The molecular formula is C13H24N2O3. The van der Waals surface area contributed by atoms with Gasteiger partial charge in [0.15, 0.2) is 0 Å². The van der Waals surface area contributed by atoms with Crippen molar-refractivity contribution in [1.29, 1.82) is 5.26 Å². The maximum atomic E-state index is 10.7. The molecule has 5 nitrogen and oxygen atoms in total. The monoisotopic (exact) mass is 256 g/mol. The Balaban J connectivity index is 3.89. The second-order valence-corrected chi connectivity index (χ2v) is 5.12. The van der Waals surface area contributed by atoms with E-state index < -0.39 is 5.97 Å². The van der Waals surface area contributed by atoms with Crippen molar-refractivity contribution in [2.75, 3.05) is 33.4 Å². The fourth-order valence-corrected chi connectivity index (χ4v) is 1.64. The van der Waals surface area contributed by atoms with Crippen LogP contribution in [0.4, 0.5) is 0 Å². The van der Waals surface area contributed by atoms with E-state index in [0.717, 1.165) is 25.8 Å². The fraction of sp³-hybridized carbons (Fsp3) is 0.846. The van der Waals surface area contributed by atoms with E-state index in [0.29, 0.717) is 13.2 Å². The lowest BCUT2D eigenvalue weighted by Crippen LogP contribution is -2.33. The number of carbonyl (C=O) groups is 1. The summed E-state index contributed by atoms with van der Waals surface area (Å²) in [5, 5.41) is 17.7. The second kappa shape index (κ2) is 8.90. The van der Waals surface area contributed by atoms with Crippen LogP contribution < -0.4 is 0 Å². The predicted octanol–water partition coefficient (Wildman–Crippen LogP) is 1.74. The maximum absolute atomic E-state index is 10.7. The summed E-state index contributed by atoms with van der Waals surface area (Å²) in [6.07, 6.45) is 2.68. The minimum Gasteiger partial charge on any atom is -0.480 e. The number of methoxy groups -OCH3 is 1. The lowest BCUT2D eigenvalue weighted by Gasteiger charge is -2.20. The van der Waals surface area contributed by atoms with Crippen molar-refractivity contribution in [3.63, 3.8) is 0 Å². The summed E-state index contributed by atoms with van der Waals surface area (Å²) >= 11 is 0. The zero-order valence-corrected chi connectivity index (χ0v) is 11.6. The molecule has 0 amide bonds. The summed E-state index contributed by atoms with van der Waals surface area (Å²) < 4.78 is 4.95. The Labute approximate surface area is 109 Å². The molecule has 0 aromatic heterocycles. The van der Waals surface area contributed by atoms with Gasteiger partial charge >= 0.3 is 5.97 Å². The Morgan fingerprint density at radius 2 is 2.06 bits per heavy atom. The first-order valence-electron chi connectivity index (χ1n) is 6.25.